The van der Waals surface area contributed by atoms with E-state index in [9.17, 15) is 14.4 Å². The van der Waals surface area contributed by atoms with Gasteiger partial charge >= 0.3 is 12.1 Å². The Morgan fingerprint density at radius 3 is 2.29 bits per heavy atom. The van der Waals surface area contributed by atoms with Crippen LogP contribution in [0.3, 0.4) is 0 Å². The molecule has 1 aromatic carbocycles. The lowest BCUT2D eigenvalue weighted by Gasteiger charge is -2.37. The Morgan fingerprint density at radius 2 is 1.65 bits per heavy atom. The standard InChI is InChI=1S/C25H34N4O5/c1-25(2,3)34-24(32)29-13-17-7-5-4-6-16(17)12-20(29)22(30)26-21-18-14-28(15-19(18)21)23(31)27-8-10-33-11-9-27/h4-7,18-21H,8-15H2,1-3H3,(H,26,30). The number of likely N-dealkylation sites (tertiary alicyclic amines) is 1. The highest BCUT2D eigenvalue weighted by molar-refractivity contribution is 5.87. The second-order valence-corrected chi connectivity index (χ2v) is 10.7. The number of nitrogens with one attached hydrogen (secondary N) is 1. The van der Waals surface area contributed by atoms with Crippen molar-refractivity contribution in [2.45, 2.75) is 51.4 Å². The summed E-state index contributed by atoms with van der Waals surface area (Å²) >= 11 is 0. The lowest BCUT2D eigenvalue weighted by Crippen LogP contribution is -2.55. The Kier molecular flexibility index (Phi) is 5.91. The molecule has 0 aromatic heterocycles. The number of nitrogens with zero attached hydrogens (tertiary/aromatic N) is 3. The van der Waals surface area contributed by atoms with Gasteiger partial charge < -0.3 is 24.6 Å². The smallest absolute Gasteiger partial charge is 0.411 e. The predicted octanol–water partition coefficient (Wildman–Crippen LogP) is 1.85. The first-order valence-electron chi connectivity index (χ1n) is 12.2. The molecule has 3 fully saturated rings. The Labute approximate surface area is 200 Å². The number of carbonyl (C=O) groups excluding carboxylic acids is 3. The van der Waals surface area contributed by atoms with Gasteiger partial charge in [-0.3, -0.25) is 9.69 Å². The van der Waals surface area contributed by atoms with Crippen molar-refractivity contribution in [1.82, 2.24) is 20.0 Å². The quantitative estimate of drug-likeness (QED) is 0.712. The van der Waals surface area contributed by atoms with Gasteiger partial charge in [-0.25, -0.2) is 9.59 Å². The van der Waals surface area contributed by atoms with E-state index >= 15 is 0 Å². The van der Waals surface area contributed by atoms with Gasteiger partial charge in [0.25, 0.3) is 0 Å². The van der Waals surface area contributed by atoms with Gasteiger partial charge in [0.05, 0.1) is 19.8 Å². The SMILES string of the molecule is CC(C)(C)OC(=O)N1Cc2ccccc2CC1C(=O)NC1C2CN(C(=O)N3CCOCC3)CC21. The number of amides is 4. The van der Waals surface area contributed by atoms with Crippen molar-refractivity contribution in [3.8, 4) is 0 Å². The molecular formula is C25H34N4O5. The summed E-state index contributed by atoms with van der Waals surface area (Å²) in [6.45, 7) is 9.59. The predicted molar refractivity (Wildman–Crippen MR) is 124 cm³/mol. The highest BCUT2D eigenvalue weighted by Crippen LogP contribution is 2.46. The largest absolute Gasteiger partial charge is 0.444 e. The number of piperidine rings is 1. The summed E-state index contributed by atoms with van der Waals surface area (Å²) in [4.78, 5) is 44.4. The Bertz CT molecular complexity index is 958. The molecule has 2 saturated heterocycles. The molecule has 3 unspecified atom stereocenters. The zero-order chi connectivity index (χ0) is 24.0. The van der Waals surface area contributed by atoms with Crippen molar-refractivity contribution in [2.75, 3.05) is 39.4 Å². The molecule has 3 aliphatic heterocycles. The molecule has 1 saturated carbocycles. The van der Waals surface area contributed by atoms with E-state index in [4.69, 9.17) is 9.47 Å². The van der Waals surface area contributed by atoms with E-state index in [0.29, 0.717) is 52.4 Å². The van der Waals surface area contributed by atoms with Gasteiger partial charge in [0.2, 0.25) is 5.91 Å². The van der Waals surface area contributed by atoms with Gasteiger partial charge in [-0.05, 0) is 31.9 Å². The molecule has 0 bridgehead atoms. The third kappa shape index (κ3) is 4.58. The number of hydrogen-bond acceptors (Lipinski definition) is 5. The molecule has 9 nitrogen and oxygen atoms in total. The number of ether oxygens (including phenoxy) is 2. The molecule has 9 heteroatoms. The third-order valence-electron chi connectivity index (χ3n) is 7.23. The van der Waals surface area contributed by atoms with Crippen molar-refractivity contribution in [1.29, 1.82) is 0 Å². The Balaban J connectivity index is 1.21. The second-order valence-electron chi connectivity index (χ2n) is 10.7. The zero-order valence-corrected chi connectivity index (χ0v) is 20.2. The molecule has 1 aliphatic carbocycles. The van der Waals surface area contributed by atoms with Crippen molar-refractivity contribution in [2.24, 2.45) is 11.8 Å². The van der Waals surface area contributed by atoms with Crippen LogP contribution in [0.2, 0.25) is 0 Å². The zero-order valence-electron chi connectivity index (χ0n) is 20.2. The molecule has 184 valence electrons. The second kappa shape index (κ2) is 8.76. The fourth-order valence-electron chi connectivity index (χ4n) is 5.38. The average molecular weight is 471 g/mol. The fraction of sp³-hybridized carbons (Fsp3) is 0.640. The maximum Gasteiger partial charge on any atom is 0.411 e. The first kappa shape index (κ1) is 23.0. The monoisotopic (exact) mass is 470 g/mol. The maximum absolute atomic E-state index is 13.4. The van der Waals surface area contributed by atoms with E-state index in [-0.39, 0.29) is 29.8 Å². The first-order valence-corrected chi connectivity index (χ1v) is 12.2. The summed E-state index contributed by atoms with van der Waals surface area (Å²) in [6, 6.07) is 7.43. The summed E-state index contributed by atoms with van der Waals surface area (Å²) in [5.74, 6) is 0.408. The first-order chi connectivity index (χ1) is 16.2. The van der Waals surface area contributed by atoms with Crippen LogP contribution in [0.4, 0.5) is 9.59 Å². The van der Waals surface area contributed by atoms with Gasteiger partial charge in [-0.1, -0.05) is 24.3 Å². The topological polar surface area (TPSA) is 91.4 Å². The number of urea groups is 1. The molecule has 0 radical (unpaired) electrons. The molecule has 4 amide bonds. The maximum atomic E-state index is 13.4. The summed E-state index contributed by atoms with van der Waals surface area (Å²) in [5, 5.41) is 3.18. The normalized spacial score (nSPS) is 28.1. The van der Waals surface area contributed by atoms with Crippen LogP contribution in [-0.2, 0) is 27.2 Å². The van der Waals surface area contributed by atoms with Gasteiger partial charge in [0.15, 0.2) is 0 Å². The van der Waals surface area contributed by atoms with Gasteiger partial charge in [-0.15, -0.1) is 0 Å². The number of fused-ring (bicyclic) bond motifs is 2. The van der Waals surface area contributed by atoms with Crippen LogP contribution in [0, 0.1) is 11.8 Å². The molecule has 0 spiro atoms. The van der Waals surface area contributed by atoms with E-state index in [1.54, 1.807) is 4.90 Å². The van der Waals surface area contributed by atoms with E-state index in [1.165, 1.54) is 0 Å². The number of hydrogen-bond donors (Lipinski definition) is 1. The molecular weight excluding hydrogens is 436 g/mol. The van der Waals surface area contributed by atoms with Crippen LogP contribution in [0.1, 0.15) is 31.9 Å². The van der Waals surface area contributed by atoms with E-state index in [1.807, 2.05) is 54.8 Å². The van der Waals surface area contributed by atoms with Crippen LogP contribution >= 0.6 is 0 Å². The summed E-state index contributed by atoms with van der Waals surface area (Å²) in [5.41, 5.74) is 1.48. The van der Waals surface area contributed by atoms with Crippen LogP contribution in [0.25, 0.3) is 0 Å². The third-order valence-corrected chi connectivity index (χ3v) is 7.23. The highest BCUT2D eigenvalue weighted by atomic mass is 16.6. The van der Waals surface area contributed by atoms with E-state index in [0.717, 1.165) is 11.1 Å². The van der Waals surface area contributed by atoms with E-state index < -0.39 is 17.7 Å². The molecule has 3 atom stereocenters. The van der Waals surface area contributed by atoms with Crippen molar-refractivity contribution in [3.05, 3.63) is 35.4 Å². The number of rotatable bonds is 2. The minimum Gasteiger partial charge on any atom is -0.444 e. The van der Waals surface area contributed by atoms with Crippen LogP contribution in [0.5, 0.6) is 0 Å². The minimum atomic E-state index is -0.640. The Morgan fingerprint density at radius 1 is 1.00 bits per heavy atom. The lowest BCUT2D eigenvalue weighted by atomic mass is 9.93. The molecule has 5 rings (SSSR count). The minimum absolute atomic E-state index is 0.0545. The summed E-state index contributed by atoms with van der Waals surface area (Å²) in [6.07, 6.45) is -0.00859. The molecule has 3 heterocycles. The van der Waals surface area contributed by atoms with Crippen molar-refractivity contribution < 1.29 is 23.9 Å². The lowest BCUT2D eigenvalue weighted by molar-refractivity contribution is -0.127. The fourth-order valence-corrected chi connectivity index (χ4v) is 5.38. The number of benzene rings is 1. The Hall–Kier alpha value is -2.81. The number of morpholine rings is 1. The van der Waals surface area contributed by atoms with Crippen LogP contribution in [-0.4, -0.2) is 89.8 Å². The average Bonchev–Trinajstić information content (AvgIpc) is 3.24. The van der Waals surface area contributed by atoms with Crippen molar-refractivity contribution >= 4 is 18.0 Å². The number of carbonyl (C=O) groups is 3. The van der Waals surface area contributed by atoms with Crippen molar-refractivity contribution in [3.63, 3.8) is 0 Å². The van der Waals surface area contributed by atoms with Crippen LogP contribution in [0.15, 0.2) is 24.3 Å². The molecule has 1 N–H and O–H groups in total. The molecule has 4 aliphatic rings. The van der Waals surface area contributed by atoms with Crippen LogP contribution < -0.4 is 5.32 Å². The summed E-state index contributed by atoms with van der Waals surface area (Å²) < 4.78 is 11.0. The summed E-state index contributed by atoms with van der Waals surface area (Å²) in [7, 11) is 0. The van der Waals surface area contributed by atoms with E-state index in [2.05, 4.69) is 5.32 Å². The van der Waals surface area contributed by atoms with Gasteiger partial charge in [0, 0.05) is 50.5 Å². The highest BCUT2D eigenvalue weighted by Gasteiger charge is 2.58. The van der Waals surface area contributed by atoms with Gasteiger partial charge in [-0.2, -0.15) is 0 Å². The van der Waals surface area contributed by atoms with Gasteiger partial charge in [0.1, 0.15) is 11.6 Å². The molecule has 34 heavy (non-hydrogen) atoms. The molecule has 1 aromatic rings.